The maximum atomic E-state index is 14.3. The molecule has 25 heavy (non-hydrogen) atoms. The van der Waals surface area contributed by atoms with E-state index >= 15 is 0 Å². The summed E-state index contributed by atoms with van der Waals surface area (Å²) in [6.07, 6.45) is 5.11. The number of hydrogen-bond donors (Lipinski definition) is 0. The van der Waals surface area contributed by atoms with E-state index in [1.165, 1.54) is 19.5 Å². The van der Waals surface area contributed by atoms with Crippen LogP contribution in [0.1, 0.15) is 25.3 Å². The third-order valence-electron chi connectivity index (χ3n) is 4.92. The van der Waals surface area contributed by atoms with Crippen molar-refractivity contribution in [2.45, 2.75) is 31.9 Å². The average molecular weight is 346 g/mol. The van der Waals surface area contributed by atoms with Crippen LogP contribution in [0, 0.1) is 11.7 Å². The van der Waals surface area contributed by atoms with Gasteiger partial charge in [-0.2, -0.15) is 5.10 Å². The molecule has 1 aliphatic heterocycles. The Kier molecular flexibility index (Phi) is 5.13. The first-order valence-corrected chi connectivity index (χ1v) is 8.46. The van der Waals surface area contributed by atoms with Crippen molar-refractivity contribution in [3.8, 4) is 0 Å². The number of halogens is 1. The van der Waals surface area contributed by atoms with E-state index in [0.29, 0.717) is 25.6 Å². The molecular weight excluding hydrogens is 323 g/mol. The molecule has 1 amide bonds. The highest BCUT2D eigenvalue weighted by Gasteiger charge is 2.41. The Morgan fingerprint density at radius 1 is 1.44 bits per heavy atom. The zero-order valence-electron chi connectivity index (χ0n) is 14.6. The molecule has 0 spiro atoms. The van der Waals surface area contributed by atoms with Gasteiger partial charge in [0.05, 0.1) is 0 Å². The molecule has 1 aromatic carbocycles. The number of benzene rings is 1. The van der Waals surface area contributed by atoms with E-state index < -0.39 is 11.4 Å². The molecule has 2 heterocycles. The molecule has 0 bridgehead atoms. The molecule has 1 aliphatic rings. The molecule has 2 unspecified atom stereocenters. The first kappa shape index (κ1) is 17.5. The molecule has 2 atom stereocenters. The summed E-state index contributed by atoms with van der Waals surface area (Å²) in [6.45, 7) is 3.61. The molecule has 1 aromatic heterocycles. The predicted octanol–water partition coefficient (Wildman–Crippen LogP) is 2.22. The number of hydrogen-bond acceptors (Lipinski definition) is 4. The number of carbonyl (C=O) groups excluding carboxylic acids is 1. The lowest BCUT2D eigenvalue weighted by molar-refractivity contribution is -0.156. The largest absolute Gasteiger partial charge is 0.364 e. The van der Waals surface area contributed by atoms with Crippen LogP contribution in [0.5, 0.6) is 0 Å². The SMILES string of the molecule is COC(C)(C(=O)N1CCCC(Cn2cncn2)C1)c1ccccc1F. The summed E-state index contributed by atoms with van der Waals surface area (Å²) < 4.78 is 21.5. The van der Waals surface area contributed by atoms with E-state index in [-0.39, 0.29) is 11.5 Å². The molecule has 0 N–H and O–H groups in total. The van der Waals surface area contributed by atoms with Crippen LogP contribution in [0.3, 0.4) is 0 Å². The monoisotopic (exact) mass is 346 g/mol. The van der Waals surface area contributed by atoms with E-state index in [1.54, 1.807) is 41.0 Å². The number of nitrogens with zero attached hydrogens (tertiary/aromatic N) is 4. The Bertz CT molecular complexity index is 722. The Morgan fingerprint density at radius 3 is 2.92 bits per heavy atom. The fourth-order valence-electron chi connectivity index (χ4n) is 3.45. The van der Waals surface area contributed by atoms with Crippen LogP contribution in [0.4, 0.5) is 4.39 Å². The van der Waals surface area contributed by atoms with Crippen LogP contribution in [0.2, 0.25) is 0 Å². The molecule has 2 aromatic rings. The molecule has 134 valence electrons. The minimum Gasteiger partial charge on any atom is -0.364 e. The van der Waals surface area contributed by atoms with Gasteiger partial charge in [0.15, 0.2) is 5.60 Å². The number of carbonyl (C=O) groups is 1. The number of aromatic nitrogens is 3. The van der Waals surface area contributed by atoms with Crippen LogP contribution >= 0.6 is 0 Å². The van der Waals surface area contributed by atoms with Crippen molar-refractivity contribution in [3.05, 3.63) is 48.3 Å². The molecule has 3 rings (SSSR count). The first-order chi connectivity index (χ1) is 12.0. The minimum atomic E-state index is -1.33. The number of amides is 1. The third kappa shape index (κ3) is 3.56. The molecule has 6 nitrogen and oxygen atoms in total. The standard InChI is InChI=1S/C18H23FN4O2/c1-18(25-2,15-7-3-4-8-16(15)19)17(24)22-9-5-6-14(10-22)11-23-13-20-12-21-23/h3-4,7-8,12-14H,5-6,9-11H2,1-2H3. The zero-order chi connectivity index (χ0) is 17.9. The van der Waals surface area contributed by atoms with Gasteiger partial charge in [0.25, 0.3) is 5.91 Å². The Morgan fingerprint density at radius 2 is 2.24 bits per heavy atom. The Balaban J connectivity index is 1.77. The molecule has 7 heteroatoms. The second-order valence-corrected chi connectivity index (χ2v) is 6.59. The van der Waals surface area contributed by atoms with E-state index in [0.717, 1.165) is 12.8 Å². The van der Waals surface area contributed by atoms with E-state index in [1.807, 2.05) is 0 Å². The van der Waals surface area contributed by atoms with Crippen molar-refractivity contribution >= 4 is 5.91 Å². The summed E-state index contributed by atoms with van der Waals surface area (Å²) in [7, 11) is 1.45. The first-order valence-electron chi connectivity index (χ1n) is 8.46. The average Bonchev–Trinajstić information content (AvgIpc) is 3.14. The molecule has 1 saturated heterocycles. The third-order valence-corrected chi connectivity index (χ3v) is 4.92. The smallest absolute Gasteiger partial charge is 0.259 e. The summed E-state index contributed by atoms with van der Waals surface area (Å²) in [6, 6.07) is 6.28. The Labute approximate surface area is 146 Å². The lowest BCUT2D eigenvalue weighted by Gasteiger charge is -2.38. The van der Waals surface area contributed by atoms with Crippen molar-refractivity contribution < 1.29 is 13.9 Å². The second-order valence-electron chi connectivity index (χ2n) is 6.59. The van der Waals surface area contributed by atoms with Crippen molar-refractivity contribution in [3.63, 3.8) is 0 Å². The van der Waals surface area contributed by atoms with Gasteiger partial charge in [-0.05, 0) is 31.7 Å². The predicted molar refractivity (Wildman–Crippen MR) is 90.1 cm³/mol. The summed E-state index contributed by atoms with van der Waals surface area (Å²) in [5.74, 6) is -0.346. The van der Waals surface area contributed by atoms with E-state index in [2.05, 4.69) is 10.1 Å². The van der Waals surface area contributed by atoms with E-state index in [9.17, 15) is 9.18 Å². The minimum absolute atomic E-state index is 0.205. The van der Waals surface area contributed by atoms with Crippen molar-refractivity contribution in [1.82, 2.24) is 19.7 Å². The topological polar surface area (TPSA) is 60.2 Å². The van der Waals surface area contributed by atoms with E-state index in [4.69, 9.17) is 4.74 Å². The summed E-state index contributed by atoms with van der Waals surface area (Å²) in [4.78, 5) is 18.9. The van der Waals surface area contributed by atoms with Crippen LogP contribution in [-0.2, 0) is 21.7 Å². The van der Waals surface area contributed by atoms with Gasteiger partial charge in [-0.3, -0.25) is 9.48 Å². The zero-order valence-corrected chi connectivity index (χ0v) is 14.6. The van der Waals surface area contributed by atoms with Gasteiger partial charge in [-0.15, -0.1) is 0 Å². The maximum absolute atomic E-state index is 14.3. The highest BCUT2D eigenvalue weighted by molar-refractivity contribution is 5.86. The van der Waals surface area contributed by atoms with Crippen molar-refractivity contribution in [2.75, 3.05) is 20.2 Å². The quantitative estimate of drug-likeness (QED) is 0.833. The van der Waals surface area contributed by atoms with Crippen LogP contribution in [-0.4, -0.2) is 45.8 Å². The highest BCUT2D eigenvalue weighted by atomic mass is 19.1. The van der Waals surface area contributed by atoms with Crippen molar-refractivity contribution in [2.24, 2.45) is 5.92 Å². The van der Waals surface area contributed by atoms with Gasteiger partial charge in [0.1, 0.15) is 18.5 Å². The maximum Gasteiger partial charge on any atom is 0.259 e. The number of likely N-dealkylation sites (tertiary alicyclic amines) is 1. The fourth-order valence-corrected chi connectivity index (χ4v) is 3.45. The molecular formula is C18H23FN4O2. The van der Waals surface area contributed by atoms with Crippen LogP contribution in [0.15, 0.2) is 36.9 Å². The molecule has 0 saturated carbocycles. The molecule has 0 aliphatic carbocycles. The molecule has 0 radical (unpaired) electrons. The van der Waals surface area contributed by atoms with Crippen molar-refractivity contribution in [1.29, 1.82) is 0 Å². The number of piperidine rings is 1. The lowest BCUT2D eigenvalue weighted by Crippen LogP contribution is -2.50. The number of ether oxygens (including phenoxy) is 1. The summed E-state index contributed by atoms with van der Waals surface area (Å²) in [5.41, 5.74) is -1.07. The second kappa shape index (κ2) is 7.31. The van der Waals surface area contributed by atoms with Gasteiger partial charge in [0.2, 0.25) is 0 Å². The number of rotatable bonds is 5. The van der Waals surface area contributed by atoms with Gasteiger partial charge < -0.3 is 9.64 Å². The van der Waals surface area contributed by atoms with Gasteiger partial charge in [-0.1, -0.05) is 18.2 Å². The highest BCUT2D eigenvalue weighted by Crippen LogP contribution is 2.31. The number of methoxy groups -OCH3 is 1. The summed E-state index contributed by atoms with van der Waals surface area (Å²) >= 11 is 0. The normalized spacial score (nSPS) is 20.3. The lowest BCUT2D eigenvalue weighted by atomic mass is 9.91. The Hall–Kier alpha value is -2.28. The van der Waals surface area contributed by atoms with Crippen LogP contribution in [0.25, 0.3) is 0 Å². The van der Waals surface area contributed by atoms with Gasteiger partial charge in [-0.25, -0.2) is 9.37 Å². The van der Waals surface area contributed by atoms with Gasteiger partial charge >= 0.3 is 0 Å². The fraction of sp³-hybridized carbons (Fsp3) is 0.500. The molecule has 1 fully saturated rings. The van der Waals surface area contributed by atoms with Crippen LogP contribution < -0.4 is 0 Å². The summed E-state index contributed by atoms with van der Waals surface area (Å²) in [5, 5.41) is 4.13. The van der Waals surface area contributed by atoms with Gasteiger partial charge in [0, 0.05) is 32.3 Å².